The van der Waals surface area contributed by atoms with E-state index in [-0.39, 0.29) is 5.91 Å². The van der Waals surface area contributed by atoms with Gasteiger partial charge in [-0.15, -0.1) is 0 Å². The lowest BCUT2D eigenvalue weighted by atomic mass is 9.93. The minimum atomic E-state index is -0.331. The second-order valence-corrected chi connectivity index (χ2v) is 9.71. The number of amides is 1. The molecule has 0 spiro atoms. The summed E-state index contributed by atoms with van der Waals surface area (Å²) in [6, 6.07) is 6.67. The maximum absolute atomic E-state index is 12.2. The van der Waals surface area contributed by atoms with Crippen LogP contribution in [0, 0.1) is 11.3 Å². The minimum absolute atomic E-state index is 0.303. The highest BCUT2D eigenvalue weighted by molar-refractivity contribution is 6.34. The third kappa shape index (κ3) is 5.89. The number of hydrogen-bond acceptors (Lipinski definition) is 8. The van der Waals surface area contributed by atoms with E-state index < -0.39 is 0 Å². The maximum Gasteiger partial charge on any atom is 0.247 e. The van der Waals surface area contributed by atoms with Crippen molar-refractivity contribution < 1.29 is 4.79 Å². The molecule has 1 saturated carbocycles. The van der Waals surface area contributed by atoms with E-state index >= 15 is 0 Å². The predicted octanol–water partition coefficient (Wildman–Crippen LogP) is 4.75. The summed E-state index contributed by atoms with van der Waals surface area (Å²) in [5, 5.41) is 19.4. The van der Waals surface area contributed by atoms with Crippen LogP contribution in [0.5, 0.6) is 0 Å². The monoisotopic (exact) mass is 508 g/mol. The Balaban J connectivity index is 1.59. The summed E-state index contributed by atoms with van der Waals surface area (Å²) in [5.41, 5.74) is 2.36. The van der Waals surface area contributed by atoms with Gasteiger partial charge in [0.25, 0.3) is 0 Å². The average molecular weight is 509 g/mol. The van der Waals surface area contributed by atoms with E-state index in [0.717, 1.165) is 51.0 Å². The van der Waals surface area contributed by atoms with E-state index in [0.29, 0.717) is 45.8 Å². The topological polar surface area (TPSA) is 109 Å². The minimum Gasteiger partial charge on any atom is -0.370 e. The number of nitrogens with one attached hydrogen (secondary N) is 3. The van der Waals surface area contributed by atoms with Crippen molar-refractivity contribution in [2.75, 3.05) is 47.5 Å². The van der Waals surface area contributed by atoms with Gasteiger partial charge in [0.1, 0.15) is 17.5 Å². The fourth-order valence-electron chi connectivity index (χ4n) is 4.50. The molecule has 1 aromatic carbocycles. The molecule has 1 aromatic heterocycles. The number of hydrogen-bond donors (Lipinski definition) is 3. The maximum atomic E-state index is 12.2. The Morgan fingerprint density at radius 1 is 1.31 bits per heavy atom. The number of anilines is 5. The Hall–Kier alpha value is -3.35. The highest BCUT2D eigenvalue weighted by Gasteiger charge is 2.25. The van der Waals surface area contributed by atoms with Gasteiger partial charge in [-0.25, -0.2) is 4.98 Å². The zero-order valence-corrected chi connectivity index (χ0v) is 21.6. The molecule has 0 unspecified atom stereocenters. The molecule has 4 rings (SSSR count). The largest absolute Gasteiger partial charge is 0.370 e. The molecule has 1 aliphatic heterocycles. The van der Waals surface area contributed by atoms with Gasteiger partial charge < -0.3 is 25.8 Å². The quantitative estimate of drug-likeness (QED) is 0.416. The lowest BCUT2D eigenvalue weighted by Crippen LogP contribution is -2.43. The third-order valence-corrected chi connectivity index (χ3v) is 7.36. The lowest BCUT2D eigenvalue weighted by molar-refractivity contribution is -0.111. The fraction of sp³-hybridized carbons (Fsp3) is 0.462. The van der Waals surface area contributed by atoms with Gasteiger partial charge >= 0.3 is 0 Å². The van der Waals surface area contributed by atoms with E-state index in [9.17, 15) is 10.1 Å². The van der Waals surface area contributed by atoms with Crippen LogP contribution in [0.1, 0.15) is 44.6 Å². The summed E-state index contributed by atoms with van der Waals surface area (Å²) >= 11 is 6.75. The van der Waals surface area contributed by atoms with Crippen LogP contribution in [0.15, 0.2) is 31.0 Å². The van der Waals surface area contributed by atoms with Crippen molar-refractivity contribution >= 4 is 46.3 Å². The molecule has 36 heavy (non-hydrogen) atoms. The molecular formula is C26H33ClN8O. The first-order chi connectivity index (χ1) is 17.4. The molecule has 1 amide bonds. The van der Waals surface area contributed by atoms with Crippen LogP contribution in [-0.2, 0) is 4.79 Å². The number of piperidine rings is 1. The number of benzene rings is 1. The number of aromatic nitrogens is 2. The van der Waals surface area contributed by atoms with Crippen molar-refractivity contribution in [3.05, 3.63) is 41.6 Å². The van der Waals surface area contributed by atoms with E-state index in [1.807, 2.05) is 6.07 Å². The van der Waals surface area contributed by atoms with E-state index in [1.54, 1.807) is 6.07 Å². The molecule has 2 fully saturated rings. The molecule has 190 valence electrons. The summed E-state index contributed by atoms with van der Waals surface area (Å²) in [5.74, 6) is 0.471. The standard InChI is InChI=1S/C26H33ClN8O/c1-4-24(36)31-22-14-23(35-11-9-19(10-12-35)34(3)5-2)20(27)13-21(22)32-26-29-16-17(15-28)25(33-26)30-18-7-6-8-18/h4,13-14,16,18-19H,1,5-12H2,2-3H3,(H,31,36)(H2,29,30,32,33). The normalized spacial score (nSPS) is 16.2. The second-order valence-electron chi connectivity index (χ2n) is 9.30. The molecular weight excluding hydrogens is 476 g/mol. The van der Waals surface area contributed by atoms with E-state index in [1.165, 1.54) is 18.7 Å². The zero-order valence-electron chi connectivity index (χ0n) is 20.9. The van der Waals surface area contributed by atoms with E-state index in [2.05, 4.69) is 62.3 Å². The molecule has 0 atom stereocenters. The van der Waals surface area contributed by atoms with Crippen LogP contribution in [0.4, 0.5) is 28.8 Å². The Morgan fingerprint density at radius 3 is 2.67 bits per heavy atom. The first-order valence-electron chi connectivity index (χ1n) is 12.4. The number of carbonyl (C=O) groups excluding carboxylic acids is 1. The Bertz CT molecular complexity index is 1150. The van der Waals surface area contributed by atoms with Crippen molar-refractivity contribution in [1.29, 1.82) is 5.26 Å². The van der Waals surface area contributed by atoms with Crippen molar-refractivity contribution in [3.63, 3.8) is 0 Å². The van der Waals surface area contributed by atoms with Gasteiger partial charge in [0.05, 0.1) is 28.3 Å². The smallest absolute Gasteiger partial charge is 0.247 e. The fourth-order valence-corrected chi connectivity index (χ4v) is 4.78. The van der Waals surface area contributed by atoms with Gasteiger partial charge in [-0.3, -0.25) is 4.79 Å². The van der Waals surface area contributed by atoms with Gasteiger partial charge in [0, 0.05) is 25.2 Å². The Morgan fingerprint density at radius 2 is 2.06 bits per heavy atom. The molecule has 10 heteroatoms. The highest BCUT2D eigenvalue weighted by atomic mass is 35.5. The van der Waals surface area contributed by atoms with Crippen LogP contribution in [0.3, 0.4) is 0 Å². The lowest BCUT2D eigenvalue weighted by Gasteiger charge is -2.38. The first kappa shape index (κ1) is 25.7. The predicted molar refractivity (Wildman–Crippen MR) is 145 cm³/mol. The van der Waals surface area contributed by atoms with Gasteiger partial charge in [0.15, 0.2) is 0 Å². The van der Waals surface area contributed by atoms with Crippen LogP contribution in [-0.4, -0.2) is 59.5 Å². The third-order valence-electron chi connectivity index (χ3n) is 7.06. The summed E-state index contributed by atoms with van der Waals surface area (Å²) < 4.78 is 0. The van der Waals surface area contributed by atoms with Crippen LogP contribution in [0.25, 0.3) is 0 Å². The van der Waals surface area contributed by atoms with Gasteiger partial charge in [-0.05, 0) is 63.9 Å². The molecule has 0 bridgehead atoms. The number of carbonyl (C=O) groups is 1. The average Bonchev–Trinajstić information content (AvgIpc) is 2.87. The SMILES string of the molecule is C=CC(=O)Nc1cc(N2CCC(N(C)CC)CC2)c(Cl)cc1Nc1ncc(C#N)c(NC2CCC2)n1. The Kier molecular flexibility index (Phi) is 8.28. The number of nitrogens with zero attached hydrogens (tertiary/aromatic N) is 5. The first-order valence-corrected chi connectivity index (χ1v) is 12.8. The molecule has 9 nitrogen and oxygen atoms in total. The molecule has 2 aromatic rings. The second kappa shape index (κ2) is 11.6. The molecule has 2 aliphatic rings. The summed E-state index contributed by atoms with van der Waals surface area (Å²) in [6.07, 6.45) is 8.08. The van der Waals surface area contributed by atoms with Crippen molar-refractivity contribution in [3.8, 4) is 6.07 Å². The van der Waals surface area contributed by atoms with Gasteiger partial charge in [0.2, 0.25) is 11.9 Å². The molecule has 0 radical (unpaired) electrons. The summed E-state index contributed by atoms with van der Waals surface area (Å²) in [6.45, 7) is 8.53. The van der Waals surface area contributed by atoms with Crippen LogP contribution in [0.2, 0.25) is 5.02 Å². The molecule has 1 aliphatic carbocycles. The van der Waals surface area contributed by atoms with Crippen LogP contribution >= 0.6 is 11.6 Å². The van der Waals surface area contributed by atoms with E-state index in [4.69, 9.17) is 11.6 Å². The summed E-state index contributed by atoms with van der Waals surface area (Å²) in [7, 11) is 2.16. The Labute approximate surface area is 217 Å². The molecule has 2 heterocycles. The van der Waals surface area contributed by atoms with Gasteiger partial charge in [-0.2, -0.15) is 10.2 Å². The number of nitriles is 1. The van der Waals surface area contributed by atoms with Crippen molar-refractivity contribution in [1.82, 2.24) is 14.9 Å². The summed E-state index contributed by atoms with van der Waals surface area (Å²) in [4.78, 5) is 25.7. The van der Waals surface area contributed by atoms with Crippen LogP contribution < -0.4 is 20.9 Å². The van der Waals surface area contributed by atoms with Crippen molar-refractivity contribution in [2.45, 2.75) is 51.1 Å². The molecule has 3 N–H and O–H groups in total. The van der Waals surface area contributed by atoms with Gasteiger partial charge in [-0.1, -0.05) is 25.1 Å². The molecule has 1 saturated heterocycles. The highest BCUT2D eigenvalue weighted by Crippen LogP contribution is 2.38. The number of rotatable bonds is 9. The van der Waals surface area contributed by atoms with Crippen molar-refractivity contribution in [2.24, 2.45) is 0 Å². The zero-order chi connectivity index (χ0) is 25.7. The number of halogens is 1.